The molecular weight excluding hydrogens is 234 g/mol. The van der Waals surface area contributed by atoms with Crippen molar-refractivity contribution >= 4 is 0 Å². The number of H-pyrrole nitrogens is 1. The van der Waals surface area contributed by atoms with E-state index >= 15 is 0 Å². The number of aryl methyl sites for hydroxylation is 1. The number of hydrogen-bond donors (Lipinski definition) is 1. The first-order valence-electron chi connectivity index (χ1n) is 6.31. The van der Waals surface area contributed by atoms with Gasteiger partial charge in [-0.05, 0) is 30.7 Å². The van der Waals surface area contributed by atoms with Crippen LogP contribution in [0.2, 0.25) is 0 Å². The van der Waals surface area contributed by atoms with Gasteiger partial charge in [0, 0.05) is 30.1 Å². The summed E-state index contributed by atoms with van der Waals surface area (Å²) >= 11 is 0. The molecular formula is C16H15N3. The second-order valence-corrected chi connectivity index (χ2v) is 4.68. The second-order valence-electron chi connectivity index (χ2n) is 4.68. The Kier molecular flexibility index (Phi) is 3.11. The predicted molar refractivity (Wildman–Crippen MR) is 75.8 cm³/mol. The Bertz CT molecular complexity index is 654. The van der Waals surface area contributed by atoms with Crippen LogP contribution in [0.3, 0.4) is 0 Å². The van der Waals surface area contributed by atoms with Crippen LogP contribution in [0.4, 0.5) is 0 Å². The summed E-state index contributed by atoms with van der Waals surface area (Å²) < 4.78 is 0. The van der Waals surface area contributed by atoms with Gasteiger partial charge in [0.2, 0.25) is 0 Å². The van der Waals surface area contributed by atoms with Gasteiger partial charge in [-0.3, -0.25) is 10.1 Å². The van der Waals surface area contributed by atoms with Gasteiger partial charge < -0.3 is 0 Å². The van der Waals surface area contributed by atoms with Crippen molar-refractivity contribution in [3.05, 3.63) is 71.7 Å². The molecule has 0 fully saturated rings. The third kappa shape index (κ3) is 2.71. The van der Waals surface area contributed by atoms with Crippen LogP contribution in [-0.4, -0.2) is 15.2 Å². The predicted octanol–water partition coefficient (Wildman–Crippen LogP) is 3.37. The monoisotopic (exact) mass is 249 g/mol. The zero-order valence-corrected chi connectivity index (χ0v) is 10.8. The zero-order chi connectivity index (χ0) is 13.1. The smallest absolute Gasteiger partial charge is 0.0924 e. The topological polar surface area (TPSA) is 41.6 Å². The van der Waals surface area contributed by atoms with Gasteiger partial charge in [0.1, 0.15) is 0 Å². The first-order valence-corrected chi connectivity index (χ1v) is 6.31. The summed E-state index contributed by atoms with van der Waals surface area (Å²) in [6, 6.07) is 14.6. The maximum absolute atomic E-state index is 4.35. The van der Waals surface area contributed by atoms with Gasteiger partial charge in [-0.1, -0.05) is 29.8 Å². The molecule has 2 heterocycles. The highest BCUT2D eigenvalue weighted by Crippen LogP contribution is 2.18. The van der Waals surface area contributed by atoms with E-state index in [4.69, 9.17) is 0 Å². The molecule has 3 rings (SSSR count). The lowest BCUT2D eigenvalue weighted by atomic mass is 10.1. The fourth-order valence-corrected chi connectivity index (χ4v) is 2.05. The highest BCUT2D eigenvalue weighted by atomic mass is 15.1. The molecule has 0 saturated carbocycles. The van der Waals surface area contributed by atoms with E-state index in [2.05, 4.69) is 52.4 Å². The molecule has 3 nitrogen and oxygen atoms in total. The maximum atomic E-state index is 4.35. The second kappa shape index (κ2) is 5.06. The summed E-state index contributed by atoms with van der Waals surface area (Å²) in [5.74, 6) is 0. The largest absolute Gasteiger partial charge is 0.282 e. The first kappa shape index (κ1) is 11.7. The van der Waals surface area contributed by atoms with E-state index in [1.807, 2.05) is 12.1 Å². The lowest BCUT2D eigenvalue weighted by Gasteiger charge is -1.99. The molecule has 3 aromatic rings. The normalized spacial score (nSPS) is 10.6. The van der Waals surface area contributed by atoms with Crippen molar-refractivity contribution in [3.63, 3.8) is 0 Å². The van der Waals surface area contributed by atoms with Gasteiger partial charge in [-0.15, -0.1) is 0 Å². The van der Waals surface area contributed by atoms with E-state index in [9.17, 15) is 0 Å². The van der Waals surface area contributed by atoms with Crippen molar-refractivity contribution in [1.82, 2.24) is 15.2 Å². The standard InChI is InChI=1S/C16H15N3/c1-12-2-4-13(5-3-12)10-15-11-16(19-18-15)14-6-8-17-9-7-14/h2-9,11H,10H2,1H3,(H,18,19). The van der Waals surface area contributed by atoms with E-state index in [0.29, 0.717) is 0 Å². The van der Waals surface area contributed by atoms with Gasteiger partial charge >= 0.3 is 0 Å². The molecule has 0 amide bonds. The molecule has 0 atom stereocenters. The molecule has 1 aromatic carbocycles. The van der Waals surface area contributed by atoms with E-state index < -0.39 is 0 Å². The van der Waals surface area contributed by atoms with E-state index in [-0.39, 0.29) is 0 Å². The fourth-order valence-electron chi connectivity index (χ4n) is 2.05. The molecule has 94 valence electrons. The Hall–Kier alpha value is -2.42. The molecule has 0 unspecified atom stereocenters. The summed E-state index contributed by atoms with van der Waals surface area (Å²) in [6.45, 7) is 2.10. The third-order valence-corrected chi connectivity index (χ3v) is 3.12. The molecule has 2 aromatic heterocycles. The van der Waals surface area contributed by atoms with Crippen molar-refractivity contribution in [3.8, 4) is 11.3 Å². The summed E-state index contributed by atoms with van der Waals surface area (Å²) in [6.07, 6.45) is 4.44. The fraction of sp³-hybridized carbons (Fsp3) is 0.125. The van der Waals surface area contributed by atoms with Crippen molar-refractivity contribution in [2.24, 2.45) is 0 Å². The van der Waals surface area contributed by atoms with Crippen molar-refractivity contribution in [2.75, 3.05) is 0 Å². The number of benzene rings is 1. The highest BCUT2D eigenvalue weighted by Gasteiger charge is 2.04. The number of pyridine rings is 1. The Balaban J connectivity index is 1.80. The number of nitrogens with zero attached hydrogens (tertiary/aromatic N) is 2. The maximum Gasteiger partial charge on any atom is 0.0924 e. The lowest BCUT2D eigenvalue weighted by Crippen LogP contribution is -1.88. The zero-order valence-electron chi connectivity index (χ0n) is 10.8. The third-order valence-electron chi connectivity index (χ3n) is 3.12. The van der Waals surface area contributed by atoms with Gasteiger partial charge in [-0.25, -0.2) is 0 Å². The molecule has 0 aliphatic carbocycles. The SMILES string of the molecule is Cc1ccc(Cc2cc(-c3ccncc3)n[nH]2)cc1. The molecule has 0 spiro atoms. The van der Waals surface area contributed by atoms with Crippen molar-refractivity contribution < 1.29 is 0 Å². The average molecular weight is 249 g/mol. The minimum Gasteiger partial charge on any atom is -0.282 e. The Morgan fingerprint density at radius 2 is 1.74 bits per heavy atom. The molecule has 0 saturated heterocycles. The first-order chi connectivity index (χ1) is 9.31. The van der Waals surface area contributed by atoms with E-state index in [0.717, 1.165) is 23.4 Å². The Labute approximate surface area is 112 Å². The van der Waals surface area contributed by atoms with Crippen LogP contribution in [-0.2, 0) is 6.42 Å². The van der Waals surface area contributed by atoms with Crippen LogP contribution in [0, 0.1) is 6.92 Å². The Morgan fingerprint density at radius 1 is 1.00 bits per heavy atom. The summed E-state index contributed by atoms with van der Waals surface area (Å²) in [4.78, 5) is 4.02. The van der Waals surface area contributed by atoms with Crippen LogP contribution < -0.4 is 0 Å². The van der Waals surface area contributed by atoms with Crippen LogP contribution in [0.1, 0.15) is 16.8 Å². The van der Waals surface area contributed by atoms with Crippen molar-refractivity contribution in [1.29, 1.82) is 0 Å². The van der Waals surface area contributed by atoms with E-state index in [1.54, 1.807) is 12.4 Å². The van der Waals surface area contributed by atoms with Crippen LogP contribution >= 0.6 is 0 Å². The van der Waals surface area contributed by atoms with E-state index in [1.165, 1.54) is 11.1 Å². The van der Waals surface area contributed by atoms with Crippen LogP contribution in [0.5, 0.6) is 0 Å². The molecule has 19 heavy (non-hydrogen) atoms. The Morgan fingerprint density at radius 3 is 2.47 bits per heavy atom. The minimum atomic E-state index is 0.873. The summed E-state index contributed by atoms with van der Waals surface area (Å²) in [5, 5.41) is 7.44. The molecule has 3 heteroatoms. The number of hydrogen-bond acceptors (Lipinski definition) is 2. The lowest BCUT2D eigenvalue weighted by molar-refractivity contribution is 0.998. The number of aromatic amines is 1. The van der Waals surface area contributed by atoms with Crippen LogP contribution in [0.15, 0.2) is 54.9 Å². The highest BCUT2D eigenvalue weighted by molar-refractivity contribution is 5.58. The number of aromatic nitrogens is 3. The minimum absolute atomic E-state index is 0.873. The van der Waals surface area contributed by atoms with Gasteiger partial charge in [0.15, 0.2) is 0 Å². The molecule has 0 radical (unpaired) electrons. The van der Waals surface area contributed by atoms with Crippen molar-refractivity contribution in [2.45, 2.75) is 13.3 Å². The quantitative estimate of drug-likeness (QED) is 0.773. The summed E-state index contributed by atoms with van der Waals surface area (Å²) in [7, 11) is 0. The van der Waals surface area contributed by atoms with Gasteiger partial charge in [-0.2, -0.15) is 5.10 Å². The number of rotatable bonds is 3. The van der Waals surface area contributed by atoms with Gasteiger partial charge in [0.25, 0.3) is 0 Å². The average Bonchev–Trinajstić information content (AvgIpc) is 2.91. The molecule has 0 aliphatic rings. The van der Waals surface area contributed by atoms with Gasteiger partial charge in [0.05, 0.1) is 5.69 Å². The number of nitrogens with one attached hydrogen (secondary N) is 1. The molecule has 0 bridgehead atoms. The molecule has 0 aliphatic heterocycles. The summed E-state index contributed by atoms with van der Waals surface area (Å²) in [5.41, 5.74) is 5.74. The van der Waals surface area contributed by atoms with Crippen LogP contribution in [0.25, 0.3) is 11.3 Å². The molecule has 1 N–H and O–H groups in total.